The largest absolute Gasteiger partial charge is 0.339 e. The molecule has 1 amide bonds. The van der Waals surface area contributed by atoms with Crippen molar-refractivity contribution < 1.29 is 4.79 Å². The molecule has 1 heterocycles. The fourth-order valence-electron chi connectivity index (χ4n) is 1.40. The molecule has 0 spiro atoms. The van der Waals surface area contributed by atoms with Crippen LogP contribution < -0.4 is 11.5 Å². The van der Waals surface area contributed by atoms with Gasteiger partial charge in [-0.1, -0.05) is 13.8 Å². The highest BCUT2D eigenvalue weighted by Crippen LogP contribution is 2.10. The number of nitrogens with two attached hydrogens (primary N) is 2. The van der Waals surface area contributed by atoms with E-state index < -0.39 is 0 Å². The van der Waals surface area contributed by atoms with Crippen molar-refractivity contribution >= 4 is 5.91 Å². The van der Waals surface area contributed by atoms with Gasteiger partial charge in [-0.2, -0.15) is 0 Å². The Bertz CT molecular complexity index is 171. The molecule has 4 N–H and O–H groups in total. The van der Waals surface area contributed by atoms with Crippen molar-refractivity contribution in [1.29, 1.82) is 0 Å². The van der Waals surface area contributed by atoms with Crippen LogP contribution in [0.1, 0.15) is 13.8 Å². The Morgan fingerprint density at radius 2 is 1.75 bits per heavy atom. The summed E-state index contributed by atoms with van der Waals surface area (Å²) in [5.41, 5.74) is 11.4. The zero-order valence-electron chi connectivity index (χ0n) is 7.66. The molecule has 1 aliphatic rings. The number of likely N-dealkylation sites (tertiary alicyclic amines) is 1. The van der Waals surface area contributed by atoms with Gasteiger partial charge in [0.1, 0.15) is 0 Å². The molecule has 0 aromatic heterocycles. The van der Waals surface area contributed by atoms with Crippen LogP contribution in [0.25, 0.3) is 0 Å². The first kappa shape index (κ1) is 9.48. The highest BCUT2D eigenvalue weighted by atomic mass is 16.2. The lowest BCUT2D eigenvalue weighted by atomic mass is 10.2. The van der Waals surface area contributed by atoms with Gasteiger partial charge >= 0.3 is 0 Å². The van der Waals surface area contributed by atoms with Crippen LogP contribution in [0.5, 0.6) is 0 Å². The van der Waals surface area contributed by atoms with Gasteiger partial charge in [0.15, 0.2) is 0 Å². The molecular weight excluding hydrogens is 154 g/mol. The van der Waals surface area contributed by atoms with Crippen molar-refractivity contribution in [1.82, 2.24) is 4.90 Å². The lowest BCUT2D eigenvalue weighted by Crippen LogP contribution is -2.39. The van der Waals surface area contributed by atoms with Gasteiger partial charge in [-0.15, -0.1) is 0 Å². The summed E-state index contributed by atoms with van der Waals surface area (Å²) in [4.78, 5) is 13.2. The van der Waals surface area contributed by atoms with Crippen LogP contribution >= 0.6 is 0 Å². The molecule has 1 aliphatic heterocycles. The number of carbonyl (C=O) groups is 1. The second kappa shape index (κ2) is 3.41. The number of hydrogen-bond acceptors (Lipinski definition) is 3. The number of carbonyl (C=O) groups excluding carboxylic acids is 1. The SMILES string of the molecule is CC(C)C(=O)N1CC(N)C(N)C1. The summed E-state index contributed by atoms with van der Waals surface area (Å²) in [6, 6.07) is -0.0969. The van der Waals surface area contributed by atoms with E-state index in [2.05, 4.69) is 0 Å². The average Bonchev–Trinajstić information content (AvgIpc) is 2.30. The number of hydrogen-bond donors (Lipinski definition) is 2. The van der Waals surface area contributed by atoms with E-state index in [9.17, 15) is 4.79 Å². The van der Waals surface area contributed by atoms with E-state index in [1.807, 2.05) is 13.8 Å². The lowest BCUT2D eigenvalue weighted by molar-refractivity contribution is -0.133. The van der Waals surface area contributed by atoms with Gasteiger partial charge in [-0.3, -0.25) is 4.79 Å². The second-order valence-corrected chi connectivity index (χ2v) is 3.73. The van der Waals surface area contributed by atoms with Crippen LogP contribution in [-0.2, 0) is 4.79 Å². The minimum Gasteiger partial charge on any atom is -0.339 e. The molecule has 0 radical (unpaired) electrons. The monoisotopic (exact) mass is 171 g/mol. The fourth-order valence-corrected chi connectivity index (χ4v) is 1.40. The molecule has 1 saturated heterocycles. The van der Waals surface area contributed by atoms with E-state index in [0.29, 0.717) is 13.1 Å². The van der Waals surface area contributed by atoms with Gasteiger partial charge < -0.3 is 16.4 Å². The maximum Gasteiger partial charge on any atom is 0.225 e. The van der Waals surface area contributed by atoms with Crippen LogP contribution in [0.2, 0.25) is 0 Å². The van der Waals surface area contributed by atoms with Gasteiger partial charge in [-0.05, 0) is 0 Å². The Hall–Kier alpha value is -0.610. The van der Waals surface area contributed by atoms with Crippen molar-refractivity contribution in [2.45, 2.75) is 25.9 Å². The van der Waals surface area contributed by atoms with Crippen LogP contribution in [0.4, 0.5) is 0 Å². The average molecular weight is 171 g/mol. The van der Waals surface area contributed by atoms with Crippen LogP contribution in [0, 0.1) is 5.92 Å². The summed E-state index contributed by atoms with van der Waals surface area (Å²) in [6.45, 7) is 4.99. The summed E-state index contributed by atoms with van der Waals surface area (Å²) in [5.74, 6) is 0.195. The van der Waals surface area contributed by atoms with Gasteiger partial charge in [0.2, 0.25) is 5.91 Å². The molecule has 0 aromatic carbocycles. The van der Waals surface area contributed by atoms with E-state index in [1.165, 1.54) is 0 Å². The van der Waals surface area contributed by atoms with Crippen molar-refractivity contribution in [2.75, 3.05) is 13.1 Å². The molecule has 12 heavy (non-hydrogen) atoms. The Labute approximate surface area is 72.9 Å². The molecule has 0 aliphatic carbocycles. The molecular formula is C8H17N3O. The molecule has 70 valence electrons. The maximum absolute atomic E-state index is 11.5. The Morgan fingerprint density at radius 1 is 1.33 bits per heavy atom. The topological polar surface area (TPSA) is 72.3 Å². The molecule has 1 fully saturated rings. The van der Waals surface area contributed by atoms with Crippen LogP contribution in [0.3, 0.4) is 0 Å². The molecule has 4 heteroatoms. The van der Waals surface area contributed by atoms with Crippen molar-refractivity contribution in [3.05, 3.63) is 0 Å². The number of rotatable bonds is 1. The third-order valence-corrected chi connectivity index (χ3v) is 2.22. The molecule has 2 atom stereocenters. The molecule has 0 aromatic rings. The maximum atomic E-state index is 11.5. The molecule has 0 saturated carbocycles. The summed E-state index contributed by atoms with van der Waals surface area (Å²) in [5, 5.41) is 0. The van der Waals surface area contributed by atoms with Crippen molar-refractivity contribution in [3.63, 3.8) is 0 Å². The molecule has 1 rings (SSSR count). The first-order chi connectivity index (χ1) is 5.52. The standard InChI is InChI=1S/C8H17N3O/c1-5(2)8(12)11-3-6(9)7(10)4-11/h5-7H,3-4,9-10H2,1-2H3. The van der Waals surface area contributed by atoms with E-state index >= 15 is 0 Å². The molecule has 2 unspecified atom stereocenters. The van der Waals surface area contributed by atoms with Crippen molar-refractivity contribution in [3.8, 4) is 0 Å². The molecule has 0 bridgehead atoms. The zero-order chi connectivity index (χ0) is 9.30. The van der Waals surface area contributed by atoms with Gasteiger partial charge in [0.05, 0.1) is 0 Å². The van der Waals surface area contributed by atoms with Crippen LogP contribution in [0.15, 0.2) is 0 Å². The predicted molar refractivity (Wildman–Crippen MR) is 47.4 cm³/mol. The van der Waals surface area contributed by atoms with E-state index in [-0.39, 0.29) is 23.9 Å². The minimum atomic E-state index is -0.0484. The third-order valence-electron chi connectivity index (χ3n) is 2.22. The molecule has 4 nitrogen and oxygen atoms in total. The second-order valence-electron chi connectivity index (χ2n) is 3.73. The van der Waals surface area contributed by atoms with Gasteiger partial charge in [0.25, 0.3) is 0 Å². The highest BCUT2D eigenvalue weighted by molar-refractivity contribution is 5.78. The van der Waals surface area contributed by atoms with Crippen LogP contribution in [-0.4, -0.2) is 36.0 Å². The first-order valence-electron chi connectivity index (χ1n) is 4.32. The Kier molecular flexibility index (Phi) is 2.69. The normalized spacial score (nSPS) is 29.9. The van der Waals surface area contributed by atoms with E-state index in [4.69, 9.17) is 11.5 Å². The predicted octanol–water partition coefficient (Wildman–Crippen LogP) is -0.861. The summed E-state index contributed by atoms with van der Waals surface area (Å²) < 4.78 is 0. The van der Waals surface area contributed by atoms with Gasteiger partial charge in [0, 0.05) is 31.1 Å². The Morgan fingerprint density at radius 3 is 2.08 bits per heavy atom. The van der Waals surface area contributed by atoms with E-state index in [1.54, 1.807) is 4.90 Å². The quantitative estimate of drug-likeness (QED) is 0.539. The smallest absolute Gasteiger partial charge is 0.225 e. The first-order valence-corrected chi connectivity index (χ1v) is 4.32. The summed E-state index contributed by atoms with van der Waals surface area (Å²) in [6.07, 6.45) is 0. The van der Waals surface area contributed by atoms with E-state index in [0.717, 1.165) is 0 Å². The number of nitrogens with zero attached hydrogens (tertiary/aromatic N) is 1. The lowest BCUT2D eigenvalue weighted by Gasteiger charge is -2.17. The Balaban J connectivity index is 2.52. The van der Waals surface area contributed by atoms with Crippen molar-refractivity contribution in [2.24, 2.45) is 17.4 Å². The highest BCUT2D eigenvalue weighted by Gasteiger charge is 2.30. The number of amides is 1. The summed E-state index contributed by atoms with van der Waals surface area (Å²) in [7, 11) is 0. The van der Waals surface area contributed by atoms with Gasteiger partial charge in [-0.25, -0.2) is 0 Å². The fraction of sp³-hybridized carbons (Fsp3) is 0.875. The third kappa shape index (κ3) is 1.76. The minimum absolute atomic E-state index is 0.0440. The summed E-state index contributed by atoms with van der Waals surface area (Å²) >= 11 is 0. The zero-order valence-corrected chi connectivity index (χ0v) is 7.66.